The van der Waals surface area contributed by atoms with Gasteiger partial charge in [-0.3, -0.25) is 10.1 Å². The van der Waals surface area contributed by atoms with E-state index in [1.807, 2.05) is 0 Å². The van der Waals surface area contributed by atoms with Crippen molar-refractivity contribution in [2.24, 2.45) is 0 Å². The minimum absolute atomic E-state index is 0. The number of nitrogens with zero attached hydrogens (tertiary/aromatic N) is 1. The van der Waals surface area contributed by atoms with Gasteiger partial charge >= 0.3 is 0 Å². The average molecular weight is 379 g/mol. The largest absolute Gasteiger partial charge is 0.476 e. The Morgan fingerprint density at radius 3 is 2.77 bits per heavy atom. The predicted molar refractivity (Wildman–Crippen MR) is 83.6 cm³/mol. The molecule has 1 unspecified atom stereocenters. The first-order chi connectivity index (χ1) is 9.46. The highest BCUT2D eigenvalue weighted by atomic mass is 35.5. The zero-order chi connectivity index (χ0) is 14.6. The molecular weight excluding hydrogens is 363 g/mol. The monoisotopic (exact) mass is 377 g/mol. The van der Waals surface area contributed by atoms with E-state index in [2.05, 4.69) is 15.6 Å². The van der Waals surface area contributed by atoms with Crippen LogP contribution in [-0.4, -0.2) is 42.6 Å². The number of halogens is 5. The van der Waals surface area contributed by atoms with E-state index in [0.29, 0.717) is 10.9 Å². The topological polar surface area (TPSA) is 63.2 Å². The molecule has 1 amide bonds. The Balaban J connectivity index is 0.00000220. The molecule has 22 heavy (non-hydrogen) atoms. The van der Waals surface area contributed by atoms with Gasteiger partial charge in [0, 0.05) is 18.7 Å². The van der Waals surface area contributed by atoms with E-state index >= 15 is 0 Å². The standard InChI is InChI=1S/C12H14ClF2N3O2.2ClH/c13-8-1-2-10(17-6-8)20-4-3-16-11(19)9-5-12(14,15)7-18-9;;/h1-2,6,9,18H,3-5,7H2,(H,16,19);2*1H. The number of carbonyl (C=O) groups excluding carboxylic acids is 1. The van der Waals surface area contributed by atoms with Crippen LogP contribution in [0.4, 0.5) is 8.78 Å². The van der Waals surface area contributed by atoms with Gasteiger partial charge in [0.1, 0.15) is 6.61 Å². The Labute approximate surface area is 144 Å². The highest BCUT2D eigenvalue weighted by Crippen LogP contribution is 2.24. The summed E-state index contributed by atoms with van der Waals surface area (Å²) in [6.45, 7) is -0.0490. The number of alkyl halides is 2. The predicted octanol–water partition coefficient (Wildman–Crippen LogP) is 2.07. The van der Waals surface area contributed by atoms with E-state index in [4.69, 9.17) is 16.3 Å². The van der Waals surface area contributed by atoms with Gasteiger partial charge in [-0.2, -0.15) is 0 Å². The van der Waals surface area contributed by atoms with Crippen molar-refractivity contribution < 1.29 is 18.3 Å². The number of rotatable bonds is 5. The summed E-state index contributed by atoms with van der Waals surface area (Å²) in [5.74, 6) is -2.88. The average Bonchev–Trinajstić information content (AvgIpc) is 2.77. The molecule has 2 heterocycles. The molecule has 126 valence electrons. The first-order valence-electron chi connectivity index (χ1n) is 6.09. The van der Waals surface area contributed by atoms with Crippen LogP contribution >= 0.6 is 36.4 Å². The fraction of sp³-hybridized carbons (Fsp3) is 0.500. The molecule has 1 aromatic heterocycles. The first kappa shape index (κ1) is 21.1. The van der Waals surface area contributed by atoms with E-state index in [-0.39, 0.29) is 38.0 Å². The lowest BCUT2D eigenvalue weighted by Gasteiger charge is -2.11. The van der Waals surface area contributed by atoms with Gasteiger partial charge in [-0.05, 0) is 6.07 Å². The Morgan fingerprint density at radius 1 is 1.50 bits per heavy atom. The second-order valence-corrected chi connectivity index (χ2v) is 4.88. The lowest BCUT2D eigenvalue weighted by Crippen LogP contribution is -2.41. The summed E-state index contributed by atoms with van der Waals surface area (Å²) < 4.78 is 31.1. The summed E-state index contributed by atoms with van der Waals surface area (Å²) in [4.78, 5) is 15.5. The summed E-state index contributed by atoms with van der Waals surface area (Å²) in [6.07, 6.45) is 0.971. The Hall–Kier alpha value is -0.890. The third kappa shape index (κ3) is 6.48. The number of pyridine rings is 1. The summed E-state index contributed by atoms with van der Waals surface area (Å²) in [7, 11) is 0. The highest BCUT2D eigenvalue weighted by Gasteiger charge is 2.42. The maximum atomic E-state index is 12.9. The number of hydrogen-bond acceptors (Lipinski definition) is 4. The third-order valence-electron chi connectivity index (χ3n) is 2.78. The number of ether oxygens (including phenoxy) is 1. The zero-order valence-corrected chi connectivity index (χ0v) is 13.7. The van der Waals surface area contributed by atoms with Crippen molar-refractivity contribution in [3.05, 3.63) is 23.4 Å². The molecule has 10 heteroatoms. The number of carbonyl (C=O) groups is 1. The summed E-state index contributed by atoms with van der Waals surface area (Å²) in [5, 5.41) is 5.51. The molecule has 2 N–H and O–H groups in total. The van der Waals surface area contributed by atoms with Crippen molar-refractivity contribution in [2.75, 3.05) is 19.7 Å². The van der Waals surface area contributed by atoms with E-state index in [1.54, 1.807) is 12.1 Å². The molecular formula is C12H16Cl3F2N3O2. The third-order valence-corrected chi connectivity index (χ3v) is 3.00. The van der Waals surface area contributed by atoms with Crippen LogP contribution in [0.25, 0.3) is 0 Å². The second-order valence-electron chi connectivity index (χ2n) is 4.45. The van der Waals surface area contributed by atoms with Crippen LogP contribution in [0.2, 0.25) is 5.02 Å². The zero-order valence-electron chi connectivity index (χ0n) is 11.4. The Morgan fingerprint density at radius 2 is 2.23 bits per heavy atom. The van der Waals surface area contributed by atoms with Crippen molar-refractivity contribution in [1.82, 2.24) is 15.6 Å². The molecule has 1 saturated heterocycles. The van der Waals surface area contributed by atoms with Crippen LogP contribution in [0.15, 0.2) is 18.3 Å². The summed E-state index contributed by atoms with van der Waals surface area (Å²) in [5.41, 5.74) is 0. The summed E-state index contributed by atoms with van der Waals surface area (Å²) in [6, 6.07) is 2.38. The van der Waals surface area contributed by atoms with Crippen LogP contribution in [0.3, 0.4) is 0 Å². The second kappa shape index (κ2) is 9.29. The SMILES string of the molecule is Cl.Cl.O=C(NCCOc1ccc(Cl)cn1)C1CC(F)(F)CN1. The molecule has 0 aromatic carbocycles. The molecule has 0 radical (unpaired) electrons. The van der Waals surface area contributed by atoms with Crippen molar-refractivity contribution in [3.63, 3.8) is 0 Å². The van der Waals surface area contributed by atoms with Crippen molar-refractivity contribution in [2.45, 2.75) is 18.4 Å². The lowest BCUT2D eigenvalue weighted by molar-refractivity contribution is -0.123. The normalized spacial score (nSPS) is 18.8. The van der Waals surface area contributed by atoms with Crippen LogP contribution in [0.1, 0.15) is 6.42 Å². The van der Waals surface area contributed by atoms with E-state index < -0.39 is 30.8 Å². The summed E-state index contributed by atoms with van der Waals surface area (Å²) >= 11 is 5.67. The fourth-order valence-corrected chi connectivity index (χ4v) is 1.91. The number of nitrogens with one attached hydrogen (secondary N) is 2. The quantitative estimate of drug-likeness (QED) is 0.770. The van der Waals surface area contributed by atoms with Crippen LogP contribution in [0.5, 0.6) is 5.88 Å². The highest BCUT2D eigenvalue weighted by molar-refractivity contribution is 6.30. The van der Waals surface area contributed by atoms with Gasteiger partial charge < -0.3 is 10.1 Å². The molecule has 1 fully saturated rings. The molecule has 0 spiro atoms. The van der Waals surface area contributed by atoms with E-state index in [1.165, 1.54) is 6.20 Å². The molecule has 1 aliphatic rings. The minimum Gasteiger partial charge on any atom is -0.476 e. The van der Waals surface area contributed by atoms with Gasteiger partial charge in [0.05, 0.1) is 24.2 Å². The number of amides is 1. The van der Waals surface area contributed by atoms with E-state index in [9.17, 15) is 13.6 Å². The van der Waals surface area contributed by atoms with Gasteiger partial charge in [-0.1, -0.05) is 11.6 Å². The van der Waals surface area contributed by atoms with Gasteiger partial charge in [-0.25, -0.2) is 13.8 Å². The molecule has 2 rings (SSSR count). The Bertz CT molecular complexity index is 477. The van der Waals surface area contributed by atoms with Crippen molar-refractivity contribution >= 4 is 42.3 Å². The fourth-order valence-electron chi connectivity index (χ4n) is 1.80. The molecule has 0 aliphatic carbocycles. The van der Waals surface area contributed by atoms with Crippen LogP contribution in [-0.2, 0) is 4.79 Å². The smallest absolute Gasteiger partial charge is 0.262 e. The van der Waals surface area contributed by atoms with Crippen LogP contribution < -0.4 is 15.4 Å². The van der Waals surface area contributed by atoms with Gasteiger partial charge in [0.2, 0.25) is 11.8 Å². The Kier molecular flexibility index (Phi) is 8.92. The molecule has 0 bridgehead atoms. The lowest BCUT2D eigenvalue weighted by atomic mass is 10.2. The maximum absolute atomic E-state index is 12.9. The molecule has 1 aromatic rings. The minimum atomic E-state index is -2.81. The van der Waals surface area contributed by atoms with E-state index in [0.717, 1.165) is 0 Å². The molecule has 5 nitrogen and oxygen atoms in total. The van der Waals surface area contributed by atoms with Crippen molar-refractivity contribution in [3.8, 4) is 5.88 Å². The molecule has 0 saturated carbocycles. The number of hydrogen-bond donors (Lipinski definition) is 2. The maximum Gasteiger partial charge on any atom is 0.262 e. The van der Waals surface area contributed by atoms with Crippen molar-refractivity contribution in [1.29, 1.82) is 0 Å². The van der Waals surface area contributed by atoms with Crippen LogP contribution in [0, 0.1) is 0 Å². The van der Waals surface area contributed by atoms with Gasteiger partial charge in [0.25, 0.3) is 5.92 Å². The first-order valence-corrected chi connectivity index (χ1v) is 6.47. The van der Waals surface area contributed by atoms with Gasteiger partial charge in [0.15, 0.2) is 0 Å². The number of aromatic nitrogens is 1. The molecule has 1 atom stereocenters. The molecule has 1 aliphatic heterocycles. The van der Waals surface area contributed by atoms with Gasteiger partial charge in [-0.15, -0.1) is 24.8 Å².